The van der Waals surface area contributed by atoms with Gasteiger partial charge in [-0.05, 0) is 49.3 Å². The van der Waals surface area contributed by atoms with Crippen LogP contribution in [0.3, 0.4) is 0 Å². The van der Waals surface area contributed by atoms with Gasteiger partial charge in [0.2, 0.25) is 5.91 Å². The molecule has 5 nitrogen and oxygen atoms in total. The van der Waals surface area contributed by atoms with Crippen molar-refractivity contribution in [2.45, 2.75) is 46.7 Å². The second-order valence-electron chi connectivity index (χ2n) is 9.65. The molecule has 0 unspecified atom stereocenters. The zero-order chi connectivity index (χ0) is 21.6. The van der Waals surface area contributed by atoms with Gasteiger partial charge in [-0.3, -0.25) is 4.79 Å². The fourth-order valence-corrected chi connectivity index (χ4v) is 6.23. The molecule has 0 aromatic heterocycles. The van der Waals surface area contributed by atoms with Gasteiger partial charge in [-0.1, -0.05) is 37.6 Å². The Morgan fingerprint density at radius 1 is 1.17 bits per heavy atom. The summed E-state index contributed by atoms with van der Waals surface area (Å²) in [5.41, 5.74) is 3.26. The van der Waals surface area contributed by atoms with Crippen LogP contribution in [0, 0.1) is 17.3 Å². The molecule has 3 rings (SSSR count). The largest absolute Gasteiger partial charge is 0.378 e. The number of nitrogens with zero attached hydrogens (tertiary/aromatic N) is 2. The first-order chi connectivity index (χ1) is 13.4. The summed E-state index contributed by atoms with van der Waals surface area (Å²) in [6.07, 6.45) is 2.72. The lowest BCUT2D eigenvalue weighted by Gasteiger charge is -2.29. The topological polar surface area (TPSA) is 57.7 Å². The van der Waals surface area contributed by atoms with Crippen molar-refractivity contribution >= 4 is 21.4 Å². The summed E-state index contributed by atoms with van der Waals surface area (Å²) in [4.78, 5) is 17.5. The van der Waals surface area contributed by atoms with E-state index in [4.69, 9.17) is 0 Å². The lowest BCUT2D eigenvalue weighted by Crippen LogP contribution is -2.42. The van der Waals surface area contributed by atoms with Gasteiger partial charge in [0, 0.05) is 32.4 Å². The van der Waals surface area contributed by atoms with Crippen LogP contribution < -0.4 is 4.90 Å². The summed E-state index contributed by atoms with van der Waals surface area (Å²) in [5, 5.41) is 0. The van der Waals surface area contributed by atoms with Gasteiger partial charge in [0.15, 0.2) is 9.84 Å². The molecule has 0 bridgehead atoms. The van der Waals surface area contributed by atoms with Crippen molar-refractivity contribution in [3.63, 3.8) is 0 Å². The Balaban J connectivity index is 1.86. The molecule has 29 heavy (non-hydrogen) atoms. The number of anilines is 1. The van der Waals surface area contributed by atoms with E-state index in [1.165, 1.54) is 5.57 Å². The highest BCUT2D eigenvalue weighted by Gasteiger charge is 2.61. The molecule has 2 fully saturated rings. The molecule has 0 spiro atoms. The summed E-state index contributed by atoms with van der Waals surface area (Å²) in [6, 6.07) is 7.91. The average molecular weight is 419 g/mol. The normalized spacial score (nSPS) is 26.6. The number of allylic oxidation sites excluding steroid dienone is 2. The molecule has 0 N–H and O–H groups in total. The third kappa shape index (κ3) is 4.68. The van der Waals surface area contributed by atoms with Gasteiger partial charge in [0.25, 0.3) is 0 Å². The van der Waals surface area contributed by atoms with Crippen molar-refractivity contribution in [1.29, 1.82) is 0 Å². The molecule has 6 heteroatoms. The highest BCUT2D eigenvalue weighted by Crippen LogP contribution is 2.60. The highest BCUT2D eigenvalue weighted by atomic mass is 32.2. The number of rotatable bonds is 6. The molecule has 160 valence electrons. The van der Waals surface area contributed by atoms with Crippen molar-refractivity contribution in [1.82, 2.24) is 4.90 Å². The lowest BCUT2D eigenvalue weighted by atomic mass is 10.1. The van der Waals surface area contributed by atoms with E-state index in [9.17, 15) is 13.2 Å². The summed E-state index contributed by atoms with van der Waals surface area (Å²) < 4.78 is 24.2. The van der Waals surface area contributed by atoms with E-state index in [0.29, 0.717) is 13.0 Å². The monoisotopic (exact) mass is 418 g/mol. The maximum absolute atomic E-state index is 13.6. The Labute approximate surface area is 175 Å². The number of carbonyl (C=O) groups is 1. The minimum atomic E-state index is -3.06. The van der Waals surface area contributed by atoms with E-state index >= 15 is 0 Å². The van der Waals surface area contributed by atoms with Crippen LogP contribution in [0.25, 0.3) is 0 Å². The molecule has 1 saturated carbocycles. The number of hydrogen-bond donors (Lipinski definition) is 0. The Morgan fingerprint density at radius 3 is 2.28 bits per heavy atom. The molecule has 1 amide bonds. The van der Waals surface area contributed by atoms with Crippen LogP contribution in [0.1, 0.15) is 39.7 Å². The smallest absolute Gasteiger partial charge is 0.227 e. The molecule has 1 aromatic rings. The van der Waals surface area contributed by atoms with Gasteiger partial charge in [-0.2, -0.15) is 0 Å². The van der Waals surface area contributed by atoms with Crippen LogP contribution >= 0.6 is 0 Å². The van der Waals surface area contributed by atoms with Crippen LogP contribution in [0.2, 0.25) is 0 Å². The Morgan fingerprint density at radius 2 is 1.79 bits per heavy atom. The second-order valence-corrected chi connectivity index (χ2v) is 11.9. The van der Waals surface area contributed by atoms with Crippen molar-refractivity contribution in [2.24, 2.45) is 17.3 Å². The molecule has 2 aliphatic rings. The van der Waals surface area contributed by atoms with Gasteiger partial charge in [0.1, 0.15) is 0 Å². The van der Waals surface area contributed by atoms with E-state index in [1.807, 2.05) is 48.2 Å². The van der Waals surface area contributed by atoms with Crippen molar-refractivity contribution in [2.75, 3.05) is 30.5 Å². The summed E-state index contributed by atoms with van der Waals surface area (Å²) >= 11 is 0. The molecular weight excluding hydrogens is 384 g/mol. The van der Waals surface area contributed by atoms with Crippen LogP contribution in [0.15, 0.2) is 35.9 Å². The van der Waals surface area contributed by atoms with Gasteiger partial charge in [-0.25, -0.2) is 8.42 Å². The fraction of sp³-hybridized carbons (Fsp3) is 0.609. The summed E-state index contributed by atoms with van der Waals surface area (Å²) in [6.45, 7) is 8.85. The summed E-state index contributed by atoms with van der Waals surface area (Å²) in [7, 11) is 0.922. The van der Waals surface area contributed by atoms with E-state index in [0.717, 1.165) is 11.3 Å². The second kappa shape index (κ2) is 7.78. The zero-order valence-electron chi connectivity index (χ0n) is 18.5. The van der Waals surface area contributed by atoms with Crippen molar-refractivity contribution in [3.05, 3.63) is 41.5 Å². The van der Waals surface area contributed by atoms with E-state index in [2.05, 4.69) is 33.8 Å². The van der Waals surface area contributed by atoms with Crippen LogP contribution in [0.4, 0.5) is 5.69 Å². The number of sulfone groups is 1. The molecule has 1 heterocycles. The van der Waals surface area contributed by atoms with Crippen molar-refractivity contribution in [3.8, 4) is 0 Å². The highest BCUT2D eigenvalue weighted by molar-refractivity contribution is 7.91. The molecule has 1 aliphatic carbocycles. The van der Waals surface area contributed by atoms with Gasteiger partial charge in [-0.15, -0.1) is 0 Å². The number of hydrogen-bond acceptors (Lipinski definition) is 4. The first kappa shape index (κ1) is 21.9. The van der Waals surface area contributed by atoms with Crippen LogP contribution in [-0.4, -0.2) is 50.9 Å². The predicted octanol–water partition coefficient (Wildman–Crippen LogP) is 3.51. The Kier molecular flexibility index (Phi) is 5.87. The molecule has 1 saturated heterocycles. The number of benzene rings is 1. The van der Waals surface area contributed by atoms with Crippen LogP contribution in [-0.2, 0) is 21.2 Å². The Hall–Kier alpha value is -1.82. The van der Waals surface area contributed by atoms with Gasteiger partial charge < -0.3 is 9.80 Å². The van der Waals surface area contributed by atoms with Crippen molar-refractivity contribution < 1.29 is 13.2 Å². The summed E-state index contributed by atoms with van der Waals surface area (Å²) in [5.74, 6) is 0.483. The first-order valence-corrected chi connectivity index (χ1v) is 12.2. The molecule has 1 aliphatic heterocycles. The fourth-order valence-electron chi connectivity index (χ4n) is 4.50. The van der Waals surface area contributed by atoms with Gasteiger partial charge >= 0.3 is 0 Å². The SMILES string of the molecule is CC(C)=C[C@@H]1[C@H](C(=O)N(Cc2ccc(N(C)C)cc2)[C@@H]2CCS(=O)(=O)C2)C1(C)C. The lowest BCUT2D eigenvalue weighted by molar-refractivity contribution is -0.136. The maximum Gasteiger partial charge on any atom is 0.227 e. The minimum absolute atomic E-state index is 0.0784. The molecular formula is C23H34N2O3S. The van der Waals surface area contributed by atoms with E-state index in [-0.39, 0.29) is 40.7 Å². The zero-order valence-corrected chi connectivity index (χ0v) is 19.3. The third-order valence-electron chi connectivity index (χ3n) is 6.43. The van der Waals surface area contributed by atoms with E-state index in [1.54, 1.807) is 0 Å². The predicted molar refractivity (Wildman–Crippen MR) is 119 cm³/mol. The van der Waals surface area contributed by atoms with Gasteiger partial charge in [0.05, 0.1) is 17.4 Å². The molecule has 1 aromatic carbocycles. The number of amides is 1. The first-order valence-electron chi connectivity index (χ1n) is 10.3. The maximum atomic E-state index is 13.6. The standard InChI is InChI=1S/C23H34N2O3S/c1-16(2)13-20-21(23(20,3)4)22(26)25(19-11-12-29(27,28)15-19)14-17-7-9-18(10-8-17)24(5)6/h7-10,13,19-21H,11-12,14-15H2,1-6H3/t19-,20-,21-/m1/s1. The Bertz CT molecular complexity index is 897. The number of carbonyl (C=O) groups excluding carboxylic acids is 1. The van der Waals surface area contributed by atoms with Crippen LogP contribution in [0.5, 0.6) is 0 Å². The third-order valence-corrected chi connectivity index (χ3v) is 8.18. The van der Waals surface area contributed by atoms with E-state index < -0.39 is 9.84 Å². The molecule has 3 atom stereocenters. The minimum Gasteiger partial charge on any atom is -0.378 e. The quantitative estimate of drug-likeness (QED) is 0.664. The average Bonchev–Trinajstić information content (AvgIpc) is 2.94. The molecule has 0 radical (unpaired) electrons.